The molecule has 2 rings (SSSR count). The number of rotatable bonds is 9. The Bertz CT molecular complexity index is 886. The number of allylic oxidation sites excluding steroid dienone is 1. The van der Waals surface area contributed by atoms with Crippen molar-refractivity contribution in [3.05, 3.63) is 65.3 Å². The van der Waals surface area contributed by atoms with Crippen molar-refractivity contribution < 1.29 is 23.7 Å². The largest absolute Gasteiger partial charge is 0.493 e. The molecule has 28 heavy (non-hydrogen) atoms. The Kier molecular flexibility index (Phi) is 7.51. The number of primary amides is 1. The van der Waals surface area contributed by atoms with Crippen LogP contribution in [0.3, 0.4) is 0 Å². The molecular weight excluding hydrogens is 358 g/mol. The molecule has 0 saturated heterocycles. The maximum atomic E-state index is 11.8. The topological polar surface area (TPSA) is 80.0 Å². The Morgan fingerprint density at radius 2 is 1.43 bits per heavy atom. The fourth-order valence-electron chi connectivity index (χ4n) is 2.65. The van der Waals surface area contributed by atoms with E-state index < -0.39 is 5.91 Å². The van der Waals surface area contributed by atoms with Crippen molar-refractivity contribution in [2.75, 3.05) is 28.4 Å². The number of amides is 1. The van der Waals surface area contributed by atoms with E-state index >= 15 is 0 Å². The Hall–Kier alpha value is -3.41. The van der Waals surface area contributed by atoms with Crippen LogP contribution in [0.2, 0.25) is 0 Å². The average Bonchev–Trinajstić information content (AvgIpc) is 2.72. The molecule has 0 atom stereocenters. The first kappa shape index (κ1) is 20.9. The molecule has 2 N–H and O–H groups in total. The van der Waals surface area contributed by atoms with Gasteiger partial charge < -0.3 is 24.7 Å². The Morgan fingerprint density at radius 1 is 0.857 bits per heavy atom. The fraction of sp³-hybridized carbons (Fsp3) is 0.227. The third-order valence-corrected chi connectivity index (χ3v) is 4.11. The number of nitrogens with two attached hydrogens (primary N) is 1. The summed E-state index contributed by atoms with van der Waals surface area (Å²) in [6.45, 7) is 0. The van der Waals surface area contributed by atoms with E-state index in [9.17, 15) is 4.79 Å². The number of hydrogen-bond acceptors (Lipinski definition) is 5. The molecule has 6 heteroatoms. The van der Waals surface area contributed by atoms with E-state index in [1.165, 1.54) is 0 Å². The Labute approximate surface area is 165 Å². The van der Waals surface area contributed by atoms with Crippen LogP contribution in [0, 0.1) is 0 Å². The van der Waals surface area contributed by atoms with Crippen LogP contribution in [-0.2, 0) is 11.2 Å². The van der Waals surface area contributed by atoms with Gasteiger partial charge in [-0.3, -0.25) is 4.79 Å². The molecule has 6 nitrogen and oxygen atoms in total. The summed E-state index contributed by atoms with van der Waals surface area (Å²) in [4.78, 5) is 11.8. The molecule has 0 radical (unpaired) electrons. The standard InChI is InChI=1S/C22H25NO5/c1-25-18-10-8-15(13-20(18)27-3)6-5-7-17(22(23)24)12-16-9-11-19(26-2)21(14-16)28-4/h5,7-14H,6H2,1-4H3,(H2,23,24)/b7-5+,17-12-. The van der Waals surface area contributed by atoms with Gasteiger partial charge in [-0.25, -0.2) is 0 Å². The van der Waals surface area contributed by atoms with Crippen molar-refractivity contribution in [2.45, 2.75) is 6.42 Å². The van der Waals surface area contributed by atoms with Gasteiger partial charge in [0, 0.05) is 5.57 Å². The lowest BCUT2D eigenvalue weighted by atomic mass is 10.1. The molecule has 0 heterocycles. The normalized spacial score (nSPS) is 11.4. The van der Waals surface area contributed by atoms with Gasteiger partial charge in [-0.2, -0.15) is 0 Å². The molecule has 0 fully saturated rings. The molecule has 0 spiro atoms. The zero-order valence-corrected chi connectivity index (χ0v) is 16.5. The molecule has 1 amide bonds. The van der Waals surface area contributed by atoms with Crippen molar-refractivity contribution in [1.82, 2.24) is 0 Å². The van der Waals surface area contributed by atoms with Crippen LogP contribution in [-0.4, -0.2) is 34.3 Å². The van der Waals surface area contributed by atoms with Gasteiger partial charge in [0.25, 0.3) is 0 Å². The van der Waals surface area contributed by atoms with Crippen molar-refractivity contribution >= 4 is 12.0 Å². The molecule has 0 aliphatic carbocycles. The lowest BCUT2D eigenvalue weighted by Crippen LogP contribution is -2.12. The second kappa shape index (κ2) is 10.1. The maximum Gasteiger partial charge on any atom is 0.248 e. The van der Waals surface area contributed by atoms with Crippen molar-refractivity contribution in [3.63, 3.8) is 0 Å². The molecular formula is C22H25NO5. The predicted octanol–water partition coefficient (Wildman–Crippen LogP) is 3.39. The van der Waals surface area contributed by atoms with Gasteiger partial charge in [0.1, 0.15) is 0 Å². The van der Waals surface area contributed by atoms with Crippen LogP contribution in [0.15, 0.2) is 54.1 Å². The van der Waals surface area contributed by atoms with E-state index in [4.69, 9.17) is 24.7 Å². The molecule has 0 aromatic heterocycles. The summed E-state index contributed by atoms with van der Waals surface area (Å²) in [6.07, 6.45) is 5.89. The van der Waals surface area contributed by atoms with Gasteiger partial charge in [-0.05, 0) is 47.9 Å². The molecule has 0 saturated carbocycles. The predicted molar refractivity (Wildman–Crippen MR) is 109 cm³/mol. The minimum atomic E-state index is -0.515. The number of methoxy groups -OCH3 is 4. The molecule has 0 bridgehead atoms. The first-order valence-corrected chi connectivity index (χ1v) is 8.63. The summed E-state index contributed by atoms with van der Waals surface area (Å²) in [5.74, 6) is 2.00. The highest BCUT2D eigenvalue weighted by Gasteiger charge is 2.07. The van der Waals surface area contributed by atoms with Crippen LogP contribution in [0.25, 0.3) is 6.08 Å². The molecule has 2 aromatic rings. The van der Waals surface area contributed by atoms with Gasteiger partial charge in [0.2, 0.25) is 5.91 Å². The average molecular weight is 383 g/mol. The van der Waals surface area contributed by atoms with Gasteiger partial charge in [-0.1, -0.05) is 24.3 Å². The zero-order chi connectivity index (χ0) is 20.5. The number of carbonyl (C=O) groups is 1. The van der Waals surface area contributed by atoms with E-state index in [1.54, 1.807) is 52.7 Å². The van der Waals surface area contributed by atoms with Gasteiger partial charge in [0.15, 0.2) is 23.0 Å². The SMILES string of the molecule is COc1ccc(/C=C(/C=C/Cc2ccc(OC)c(OC)c2)C(N)=O)cc1OC. The molecule has 148 valence electrons. The van der Waals surface area contributed by atoms with Crippen molar-refractivity contribution in [3.8, 4) is 23.0 Å². The van der Waals surface area contributed by atoms with Crippen LogP contribution in [0.5, 0.6) is 23.0 Å². The first-order chi connectivity index (χ1) is 13.5. The molecule has 0 unspecified atom stereocenters. The van der Waals surface area contributed by atoms with E-state index in [-0.39, 0.29) is 0 Å². The van der Waals surface area contributed by atoms with E-state index in [1.807, 2.05) is 30.3 Å². The summed E-state index contributed by atoms with van der Waals surface area (Å²) >= 11 is 0. The lowest BCUT2D eigenvalue weighted by Gasteiger charge is -2.08. The molecule has 0 aliphatic rings. The zero-order valence-electron chi connectivity index (χ0n) is 16.5. The van der Waals surface area contributed by atoms with Gasteiger partial charge in [-0.15, -0.1) is 0 Å². The minimum absolute atomic E-state index is 0.382. The van der Waals surface area contributed by atoms with Crippen LogP contribution in [0.4, 0.5) is 0 Å². The van der Waals surface area contributed by atoms with Gasteiger partial charge in [0.05, 0.1) is 28.4 Å². The number of hydrogen-bond donors (Lipinski definition) is 1. The number of benzene rings is 2. The summed E-state index contributed by atoms with van der Waals surface area (Å²) < 4.78 is 21.1. The van der Waals surface area contributed by atoms with Crippen LogP contribution >= 0.6 is 0 Å². The Balaban J connectivity index is 2.21. The lowest BCUT2D eigenvalue weighted by molar-refractivity contribution is -0.114. The molecule has 0 aliphatic heterocycles. The van der Waals surface area contributed by atoms with Gasteiger partial charge >= 0.3 is 0 Å². The third kappa shape index (κ3) is 5.30. The minimum Gasteiger partial charge on any atom is -0.493 e. The first-order valence-electron chi connectivity index (χ1n) is 8.63. The third-order valence-electron chi connectivity index (χ3n) is 4.11. The smallest absolute Gasteiger partial charge is 0.248 e. The maximum absolute atomic E-state index is 11.8. The highest BCUT2D eigenvalue weighted by atomic mass is 16.5. The van der Waals surface area contributed by atoms with E-state index in [2.05, 4.69) is 0 Å². The van der Waals surface area contributed by atoms with Crippen LogP contribution < -0.4 is 24.7 Å². The summed E-state index contributed by atoms with van der Waals surface area (Å²) in [6, 6.07) is 11.1. The second-order valence-corrected chi connectivity index (χ2v) is 5.87. The highest BCUT2D eigenvalue weighted by Crippen LogP contribution is 2.29. The monoisotopic (exact) mass is 383 g/mol. The van der Waals surface area contributed by atoms with E-state index in [0.717, 1.165) is 11.1 Å². The quantitative estimate of drug-likeness (QED) is 0.530. The van der Waals surface area contributed by atoms with E-state index in [0.29, 0.717) is 35.0 Å². The fourth-order valence-corrected chi connectivity index (χ4v) is 2.65. The van der Waals surface area contributed by atoms with Crippen LogP contribution in [0.1, 0.15) is 11.1 Å². The Morgan fingerprint density at radius 3 is 2.00 bits per heavy atom. The van der Waals surface area contributed by atoms with Crippen molar-refractivity contribution in [1.29, 1.82) is 0 Å². The number of ether oxygens (including phenoxy) is 4. The second-order valence-electron chi connectivity index (χ2n) is 5.87. The number of carbonyl (C=O) groups excluding carboxylic acids is 1. The molecule has 2 aromatic carbocycles. The summed E-state index contributed by atoms with van der Waals surface area (Å²) in [5, 5.41) is 0. The highest BCUT2D eigenvalue weighted by molar-refractivity contribution is 5.99. The summed E-state index contributed by atoms with van der Waals surface area (Å²) in [7, 11) is 6.31. The van der Waals surface area contributed by atoms with Crippen molar-refractivity contribution in [2.24, 2.45) is 5.73 Å². The summed E-state index contributed by atoms with van der Waals surface area (Å²) in [5.41, 5.74) is 7.70.